The van der Waals surface area contributed by atoms with Gasteiger partial charge in [0, 0.05) is 35.0 Å². The minimum Gasteiger partial charge on any atom is -0.488 e. The fraction of sp³-hybridized carbons (Fsp3) is 0.500. The normalized spacial score (nSPS) is 12.4. The number of hydrogen-bond donors (Lipinski definition) is 1. The number of H-pyrrole nitrogens is 1. The summed E-state index contributed by atoms with van der Waals surface area (Å²) >= 11 is 0. The van der Waals surface area contributed by atoms with E-state index < -0.39 is 10.8 Å². The van der Waals surface area contributed by atoms with Crippen molar-refractivity contribution < 1.29 is 8.95 Å². The van der Waals surface area contributed by atoms with Gasteiger partial charge >= 0.3 is 0 Å². The highest BCUT2D eigenvalue weighted by molar-refractivity contribution is 7.83. The molecule has 1 rings (SSSR count). The molecule has 84 valence electrons. The van der Waals surface area contributed by atoms with Gasteiger partial charge in [0.15, 0.2) is 5.75 Å². The number of pyridine rings is 1. The monoisotopic (exact) mass is 229 g/mol. The molecule has 0 saturated carbocycles. The van der Waals surface area contributed by atoms with Gasteiger partial charge in [-0.15, -0.1) is 0 Å². The van der Waals surface area contributed by atoms with E-state index in [1.165, 1.54) is 12.3 Å². The number of hydrogen-bond acceptors (Lipinski definition) is 3. The first-order valence-corrected chi connectivity index (χ1v) is 6.50. The summed E-state index contributed by atoms with van der Waals surface area (Å²) in [7, 11) is -0.948. The van der Waals surface area contributed by atoms with Crippen molar-refractivity contribution in [1.82, 2.24) is 4.98 Å². The molecule has 0 aliphatic carbocycles. The maximum absolute atomic E-state index is 11.5. The molecule has 0 amide bonds. The molecule has 0 fully saturated rings. The van der Waals surface area contributed by atoms with Crippen LogP contribution in [-0.2, 0) is 16.6 Å². The molecule has 15 heavy (non-hydrogen) atoms. The van der Waals surface area contributed by atoms with E-state index in [0.717, 1.165) is 6.42 Å². The minimum absolute atomic E-state index is 0.164. The van der Waals surface area contributed by atoms with Gasteiger partial charge in [0.25, 0.3) is 0 Å². The van der Waals surface area contributed by atoms with Crippen molar-refractivity contribution in [2.75, 3.05) is 12.9 Å². The Balaban J connectivity index is 2.79. The van der Waals surface area contributed by atoms with Crippen LogP contribution in [0.25, 0.3) is 0 Å². The Bertz CT molecular complexity index is 400. The molecule has 0 bridgehead atoms. The average molecular weight is 229 g/mol. The van der Waals surface area contributed by atoms with Gasteiger partial charge in [-0.25, -0.2) is 0 Å². The van der Waals surface area contributed by atoms with Gasteiger partial charge in [-0.2, -0.15) is 0 Å². The van der Waals surface area contributed by atoms with E-state index in [0.29, 0.717) is 23.8 Å². The molecule has 0 saturated heterocycles. The van der Waals surface area contributed by atoms with Crippen molar-refractivity contribution >= 4 is 10.8 Å². The third-order valence-corrected chi connectivity index (χ3v) is 2.47. The molecule has 0 aliphatic heterocycles. The first-order valence-electron chi connectivity index (χ1n) is 4.78. The van der Waals surface area contributed by atoms with Crippen molar-refractivity contribution in [2.24, 2.45) is 0 Å². The Morgan fingerprint density at radius 2 is 2.27 bits per heavy atom. The van der Waals surface area contributed by atoms with Crippen molar-refractivity contribution in [3.8, 4) is 5.75 Å². The van der Waals surface area contributed by atoms with Crippen LogP contribution in [0.3, 0.4) is 0 Å². The lowest BCUT2D eigenvalue weighted by Crippen LogP contribution is -2.10. The third-order valence-electron chi connectivity index (χ3n) is 1.76. The van der Waals surface area contributed by atoms with Gasteiger partial charge in [0.05, 0.1) is 12.4 Å². The maximum atomic E-state index is 11.5. The Hall–Kier alpha value is -1.10. The van der Waals surface area contributed by atoms with E-state index in [1.807, 2.05) is 6.92 Å². The summed E-state index contributed by atoms with van der Waals surface area (Å²) in [5.41, 5.74) is 0.507. The minimum atomic E-state index is -0.948. The smallest absolute Gasteiger partial charge is 0.223 e. The zero-order valence-corrected chi connectivity index (χ0v) is 9.73. The van der Waals surface area contributed by atoms with E-state index in [2.05, 4.69) is 4.98 Å². The summed E-state index contributed by atoms with van der Waals surface area (Å²) in [4.78, 5) is 14.4. The lowest BCUT2D eigenvalue weighted by atomic mass is 10.3. The molecule has 0 radical (unpaired) electrons. The van der Waals surface area contributed by atoms with Crippen LogP contribution >= 0.6 is 0 Å². The maximum Gasteiger partial charge on any atom is 0.223 e. The molecule has 1 N–H and O–H groups in total. The molecular weight excluding hydrogens is 214 g/mol. The van der Waals surface area contributed by atoms with E-state index in [1.54, 1.807) is 6.26 Å². The summed E-state index contributed by atoms with van der Waals surface area (Å²) in [6.45, 7) is 2.50. The van der Waals surface area contributed by atoms with E-state index in [-0.39, 0.29) is 5.43 Å². The lowest BCUT2D eigenvalue weighted by molar-refractivity contribution is 0.313. The van der Waals surface area contributed by atoms with Crippen molar-refractivity contribution in [1.29, 1.82) is 0 Å². The molecule has 4 nitrogen and oxygen atoms in total. The van der Waals surface area contributed by atoms with Crippen LogP contribution in [-0.4, -0.2) is 22.1 Å². The molecule has 5 heteroatoms. The molecule has 1 heterocycles. The highest BCUT2D eigenvalue weighted by atomic mass is 32.2. The second-order valence-electron chi connectivity index (χ2n) is 3.25. The number of nitrogens with one attached hydrogen (secondary N) is 1. The third kappa shape index (κ3) is 3.87. The molecule has 1 unspecified atom stereocenters. The van der Waals surface area contributed by atoms with Crippen LogP contribution in [0, 0.1) is 0 Å². The second-order valence-corrected chi connectivity index (χ2v) is 4.69. The molecular formula is C10H15NO3S. The lowest BCUT2D eigenvalue weighted by Gasteiger charge is -2.04. The van der Waals surface area contributed by atoms with Gasteiger partial charge in [-0.3, -0.25) is 9.00 Å². The summed E-state index contributed by atoms with van der Waals surface area (Å²) in [5, 5.41) is 0. The number of aromatic amines is 1. The fourth-order valence-electron chi connectivity index (χ4n) is 1.13. The Morgan fingerprint density at radius 3 is 2.80 bits per heavy atom. The molecule has 1 aromatic heterocycles. The van der Waals surface area contributed by atoms with Crippen LogP contribution in [0.1, 0.15) is 19.0 Å². The van der Waals surface area contributed by atoms with Crippen LogP contribution in [0.15, 0.2) is 17.1 Å². The molecule has 0 spiro atoms. The first kappa shape index (κ1) is 12.0. The Labute approximate surface area is 91.1 Å². The summed E-state index contributed by atoms with van der Waals surface area (Å²) < 4.78 is 16.2. The van der Waals surface area contributed by atoms with Crippen LogP contribution in [0.2, 0.25) is 0 Å². The standard InChI is InChI=1S/C10H15NO3S/c1-3-4-14-10-6-11-8(5-9(10)12)7-15(2)13/h5-6H,3-4,7H2,1-2H3,(H,11,12). The summed E-state index contributed by atoms with van der Waals surface area (Å²) in [6.07, 6.45) is 3.99. The fourth-order valence-corrected chi connectivity index (χ4v) is 1.73. The molecule has 1 atom stereocenters. The summed E-state index contributed by atoms with van der Waals surface area (Å²) in [5.74, 6) is 0.686. The van der Waals surface area contributed by atoms with Crippen molar-refractivity contribution in [3.63, 3.8) is 0 Å². The quantitative estimate of drug-likeness (QED) is 0.820. The van der Waals surface area contributed by atoms with Gasteiger partial charge in [0.2, 0.25) is 5.43 Å². The van der Waals surface area contributed by atoms with Crippen LogP contribution in [0.5, 0.6) is 5.75 Å². The Morgan fingerprint density at radius 1 is 1.53 bits per heavy atom. The van der Waals surface area contributed by atoms with Gasteiger partial charge in [0.1, 0.15) is 0 Å². The first-order chi connectivity index (χ1) is 7.13. The predicted molar refractivity (Wildman–Crippen MR) is 60.6 cm³/mol. The molecule has 1 aromatic rings. The van der Waals surface area contributed by atoms with Crippen molar-refractivity contribution in [3.05, 3.63) is 28.2 Å². The van der Waals surface area contributed by atoms with E-state index in [9.17, 15) is 9.00 Å². The second kappa shape index (κ2) is 5.70. The Kier molecular flexibility index (Phi) is 4.55. The van der Waals surface area contributed by atoms with Crippen molar-refractivity contribution in [2.45, 2.75) is 19.1 Å². The zero-order chi connectivity index (χ0) is 11.3. The number of rotatable bonds is 5. The molecule has 0 aliphatic rings. The van der Waals surface area contributed by atoms with Gasteiger partial charge < -0.3 is 9.72 Å². The predicted octanol–water partition coefficient (Wildman–Crippen LogP) is 1.04. The van der Waals surface area contributed by atoms with Crippen LogP contribution < -0.4 is 10.2 Å². The SMILES string of the molecule is CCCOc1c[nH]c(CS(C)=O)cc1=O. The molecule has 0 aromatic carbocycles. The highest BCUT2D eigenvalue weighted by Gasteiger charge is 2.03. The number of aromatic nitrogens is 1. The number of ether oxygens (including phenoxy) is 1. The topological polar surface area (TPSA) is 59.2 Å². The van der Waals surface area contributed by atoms with Crippen LogP contribution in [0.4, 0.5) is 0 Å². The zero-order valence-electron chi connectivity index (χ0n) is 8.91. The average Bonchev–Trinajstić information content (AvgIpc) is 2.15. The summed E-state index contributed by atoms with van der Waals surface area (Å²) in [6, 6.07) is 1.44. The van der Waals surface area contributed by atoms with E-state index in [4.69, 9.17) is 4.74 Å². The van der Waals surface area contributed by atoms with Gasteiger partial charge in [-0.05, 0) is 6.42 Å². The highest BCUT2D eigenvalue weighted by Crippen LogP contribution is 2.03. The largest absolute Gasteiger partial charge is 0.488 e. The van der Waals surface area contributed by atoms with Gasteiger partial charge in [-0.1, -0.05) is 6.92 Å². The van der Waals surface area contributed by atoms with E-state index >= 15 is 0 Å².